The second-order valence-electron chi connectivity index (χ2n) is 8.94. The van der Waals surface area contributed by atoms with Crippen LogP contribution < -0.4 is 4.74 Å². The molecule has 0 radical (unpaired) electrons. The van der Waals surface area contributed by atoms with Gasteiger partial charge in [-0.25, -0.2) is 0 Å². The highest BCUT2D eigenvalue weighted by atomic mass is 16.5. The molecule has 4 nitrogen and oxygen atoms in total. The monoisotopic (exact) mass is 453 g/mol. The van der Waals surface area contributed by atoms with Crippen LogP contribution >= 0.6 is 0 Å². The van der Waals surface area contributed by atoms with Crippen LogP contribution in [-0.4, -0.2) is 22.6 Å². The summed E-state index contributed by atoms with van der Waals surface area (Å²) in [6.45, 7) is 2.92. The minimum atomic E-state index is 0.0464. The van der Waals surface area contributed by atoms with Crippen LogP contribution in [0.1, 0.15) is 108 Å². The predicted molar refractivity (Wildman–Crippen MR) is 138 cm³/mol. The quantitative estimate of drug-likeness (QED) is 0.103. The van der Waals surface area contributed by atoms with Gasteiger partial charge in [0.25, 0.3) is 0 Å². The number of rotatable bonds is 18. The Bertz CT molecular complexity index is 789. The molecule has 0 aliphatic heterocycles. The number of aromatic hydroxyl groups is 1. The van der Waals surface area contributed by atoms with Gasteiger partial charge in [-0.1, -0.05) is 126 Å². The van der Waals surface area contributed by atoms with Crippen molar-refractivity contribution < 1.29 is 15.1 Å². The van der Waals surface area contributed by atoms with E-state index in [9.17, 15) is 10.3 Å². The lowest BCUT2D eigenvalue weighted by molar-refractivity contribution is 0.302. The van der Waals surface area contributed by atoms with E-state index < -0.39 is 0 Å². The lowest BCUT2D eigenvalue weighted by atomic mass is 10.0. The zero-order valence-corrected chi connectivity index (χ0v) is 20.5. The standard InChI is InChI=1S/C29H43NO3/c1-2-3-4-5-6-7-8-9-10-11-12-13-14-18-23-33-26-21-22-27(28(31)24-26)29(30-32)25-19-16-15-17-20-25/h15-17,19-22,24,31-32H,2-14,18,23H2,1H3. The van der Waals surface area contributed by atoms with E-state index in [2.05, 4.69) is 12.1 Å². The Morgan fingerprint density at radius 2 is 1.27 bits per heavy atom. The van der Waals surface area contributed by atoms with E-state index in [1.807, 2.05) is 36.4 Å². The van der Waals surface area contributed by atoms with Gasteiger partial charge >= 0.3 is 0 Å². The van der Waals surface area contributed by atoms with Gasteiger partial charge in [0.05, 0.1) is 6.61 Å². The number of oxime groups is 1. The van der Waals surface area contributed by atoms with Gasteiger partial charge in [0.2, 0.25) is 0 Å². The van der Waals surface area contributed by atoms with Gasteiger partial charge < -0.3 is 15.1 Å². The Morgan fingerprint density at radius 3 is 1.79 bits per heavy atom. The third kappa shape index (κ3) is 10.8. The molecule has 0 unspecified atom stereocenters. The maximum atomic E-state index is 10.4. The van der Waals surface area contributed by atoms with Gasteiger partial charge in [-0.05, 0) is 18.6 Å². The first-order chi connectivity index (χ1) is 16.3. The van der Waals surface area contributed by atoms with Crippen molar-refractivity contribution in [1.29, 1.82) is 0 Å². The van der Waals surface area contributed by atoms with E-state index in [1.54, 1.807) is 12.1 Å². The number of hydrogen-bond donors (Lipinski definition) is 2. The first-order valence-corrected chi connectivity index (χ1v) is 13.0. The largest absolute Gasteiger partial charge is 0.507 e. The van der Waals surface area contributed by atoms with Crippen LogP contribution in [0.15, 0.2) is 53.7 Å². The molecule has 0 heterocycles. The molecule has 2 N–H and O–H groups in total. The molecule has 182 valence electrons. The third-order valence-electron chi connectivity index (χ3n) is 6.14. The fourth-order valence-electron chi connectivity index (χ4n) is 4.15. The molecular weight excluding hydrogens is 410 g/mol. The van der Waals surface area contributed by atoms with Gasteiger partial charge in [-0.3, -0.25) is 0 Å². The van der Waals surface area contributed by atoms with E-state index in [0.29, 0.717) is 23.6 Å². The Kier molecular flexibility index (Phi) is 13.8. The second kappa shape index (κ2) is 17.0. The molecule has 33 heavy (non-hydrogen) atoms. The summed E-state index contributed by atoms with van der Waals surface area (Å²) in [7, 11) is 0. The van der Waals surface area contributed by atoms with Gasteiger partial charge in [-0.2, -0.15) is 0 Å². The van der Waals surface area contributed by atoms with Crippen LogP contribution in [0.3, 0.4) is 0 Å². The van der Waals surface area contributed by atoms with Crippen molar-refractivity contribution >= 4 is 5.71 Å². The number of unbranched alkanes of at least 4 members (excludes halogenated alkanes) is 13. The van der Waals surface area contributed by atoms with Crippen molar-refractivity contribution in [3.05, 3.63) is 59.7 Å². The maximum Gasteiger partial charge on any atom is 0.128 e. The van der Waals surface area contributed by atoms with Gasteiger partial charge in [0.15, 0.2) is 0 Å². The molecule has 0 aliphatic rings. The van der Waals surface area contributed by atoms with Gasteiger partial charge in [-0.15, -0.1) is 0 Å². The van der Waals surface area contributed by atoms with Crippen LogP contribution in [0.25, 0.3) is 0 Å². The number of hydrogen-bond acceptors (Lipinski definition) is 4. The molecule has 0 spiro atoms. The lowest BCUT2D eigenvalue weighted by Crippen LogP contribution is -2.04. The molecular formula is C29H43NO3. The fraction of sp³-hybridized carbons (Fsp3) is 0.552. The van der Waals surface area contributed by atoms with Crippen molar-refractivity contribution in [2.24, 2.45) is 5.16 Å². The molecule has 2 aromatic carbocycles. The SMILES string of the molecule is CCCCCCCCCCCCCCCCOc1ccc(C(=NO)c2ccccc2)c(O)c1. The minimum absolute atomic E-state index is 0.0464. The van der Waals surface area contributed by atoms with Crippen LogP contribution in [0.5, 0.6) is 11.5 Å². The average molecular weight is 454 g/mol. The molecule has 0 aromatic heterocycles. The van der Waals surface area contributed by atoms with Crippen molar-refractivity contribution in [3.63, 3.8) is 0 Å². The van der Waals surface area contributed by atoms with E-state index >= 15 is 0 Å². The number of nitrogens with zero attached hydrogens (tertiary/aromatic N) is 1. The number of phenolic OH excluding ortho intramolecular Hbond substituents is 1. The lowest BCUT2D eigenvalue weighted by Gasteiger charge is -2.10. The molecule has 0 bridgehead atoms. The summed E-state index contributed by atoms with van der Waals surface area (Å²) in [5, 5.41) is 23.2. The highest BCUT2D eigenvalue weighted by Gasteiger charge is 2.13. The van der Waals surface area contributed by atoms with E-state index in [0.717, 1.165) is 12.0 Å². The van der Waals surface area contributed by atoms with E-state index in [4.69, 9.17) is 4.74 Å². The summed E-state index contributed by atoms with van der Waals surface area (Å²) in [5.41, 5.74) is 1.56. The van der Waals surface area contributed by atoms with Crippen molar-refractivity contribution in [2.75, 3.05) is 6.61 Å². The van der Waals surface area contributed by atoms with Crippen molar-refractivity contribution in [3.8, 4) is 11.5 Å². The van der Waals surface area contributed by atoms with Crippen LogP contribution in [0.4, 0.5) is 0 Å². The number of benzene rings is 2. The summed E-state index contributed by atoms with van der Waals surface area (Å²) in [5.74, 6) is 0.682. The number of phenols is 1. The molecule has 0 saturated carbocycles. The molecule has 0 aliphatic carbocycles. The zero-order valence-electron chi connectivity index (χ0n) is 20.5. The van der Waals surface area contributed by atoms with Crippen molar-refractivity contribution in [2.45, 2.75) is 96.8 Å². The second-order valence-corrected chi connectivity index (χ2v) is 8.94. The first kappa shape index (κ1) is 26.8. The van der Waals surface area contributed by atoms with Crippen LogP contribution in [-0.2, 0) is 0 Å². The Morgan fingerprint density at radius 1 is 0.727 bits per heavy atom. The van der Waals surface area contributed by atoms with E-state index in [1.165, 1.54) is 83.5 Å². The first-order valence-electron chi connectivity index (χ1n) is 13.0. The maximum absolute atomic E-state index is 10.4. The van der Waals surface area contributed by atoms with E-state index in [-0.39, 0.29) is 5.75 Å². The number of ether oxygens (including phenoxy) is 1. The summed E-state index contributed by atoms with van der Waals surface area (Å²) in [6.07, 6.45) is 18.7. The molecule has 0 atom stereocenters. The van der Waals surface area contributed by atoms with Crippen LogP contribution in [0, 0.1) is 0 Å². The van der Waals surface area contributed by atoms with Crippen molar-refractivity contribution in [1.82, 2.24) is 0 Å². The minimum Gasteiger partial charge on any atom is -0.507 e. The average Bonchev–Trinajstić information content (AvgIpc) is 2.84. The predicted octanol–water partition coefficient (Wildman–Crippen LogP) is 8.48. The van der Waals surface area contributed by atoms with Gasteiger partial charge in [0, 0.05) is 17.2 Å². The smallest absolute Gasteiger partial charge is 0.128 e. The third-order valence-corrected chi connectivity index (χ3v) is 6.14. The fourth-order valence-corrected chi connectivity index (χ4v) is 4.15. The molecule has 4 heteroatoms. The summed E-state index contributed by atoms with van der Waals surface area (Å²) >= 11 is 0. The molecule has 2 aromatic rings. The highest BCUT2D eigenvalue weighted by molar-refractivity contribution is 6.14. The summed E-state index contributed by atoms with van der Waals surface area (Å²) < 4.78 is 5.81. The molecule has 0 saturated heterocycles. The normalized spacial score (nSPS) is 11.6. The topological polar surface area (TPSA) is 62.0 Å². The Labute approximate surface area is 200 Å². The van der Waals surface area contributed by atoms with Crippen LogP contribution in [0.2, 0.25) is 0 Å². The summed E-state index contributed by atoms with van der Waals surface area (Å²) in [4.78, 5) is 0. The zero-order chi connectivity index (χ0) is 23.6. The molecule has 0 fully saturated rings. The molecule has 2 rings (SSSR count). The Hall–Kier alpha value is -2.49. The Balaban J connectivity index is 1.54. The van der Waals surface area contributed by atoms with Gasteiger partial charge in [0.1, 0.15) is 17.2 Å². The highest BCUT2D eigenvalue weighted by Crippen LogP contribution is 2.26. The molecule has 0 amide bonds. The summed E-state index contributed by atoms with van der Waals surface area (Å²) in [6, 6.07) is 14.4.